The molecule has 0 bridgehead atoms. The Morgan fingerprint density at radius 2 is 0.746 bits per heavy atom. The third-order valence-electron chi connectivity index (χ3n) is 14.9. The molecule has 0 heterocycles. The number of benzene rings is 10. The summed E-state index contributed by atoms with van der Waals surface area (Å²) in [5.74, 6) is 0. The Hall–Kier alpha value is -8.70. The molecule has 12 rings (SSSR count). The highest BCUT2D eigenvalue weighted by Crippen LogP contribution is 2.66. The van der Waals surface area contributed by atoms with Gasteiger partial charge in [0, 0.05) is 34.1 Å². The molecule has 10 aromatic rings. The van der Waals surface area contributed by atoms with E-state index in [1.807, 2.05) is 48.5 Å². The quantitative estimate of drug-likeness (QED) is 0.167. The van der Waals surface area contributed by atoms with E-state index in [9.17, 15) is 10.5 Å². The SMILES string of the molecule is CC(C)(C)c1ccc2c(c1)-c1cc(C(C)(C)C)ccc1C21c2c(ccc3cc(N(c4ccccc4)c4cccc(C#N)c4)ccc23)-c2ccc3cc(N(c4ccccc4)c4cccc(C#N)c4)ccc3c21. The lowest BCUT2D eigenvalue weighted by Gasteiger charge is -2.33. The fourth-order valence-corrected chi connectivity index (χ4v) is 11.6. The van der Waals surface area contributed by atoms with Crippen molar-refractivity contribution in [3.8, 4) is 34.4 Å². The van der Waals surface area contributed by atoms with E-state index < -0.39 is 5.41 Å². The Morgan fingerprint density at radius 3 is 1.14 bits per heavy atom. The maximum atomic E-state index is 9.98. The highest BCUT2D eigenvalue weighted by molar-refractivity contribution is 6.10. The molecule has 0 atom stereocenters. The van der Waals surface area contributed by atoms with Crippen LogP contribution in [0, 0.1) is 22.7 Å². The van der Waals surface area contributed by atoms with Gasteiger partial charge in [-0.25, -0.2) is 0 Å². The van der Waals surface area contributed by atoms with Gasteiger partial charge < -0.3 is 9.80 Å². The van der Waals surface area contributed by atoms with Gasteiger partial charge in [0.1, 0.15) is 0 Å². The van der Waals surface area contributed by atoms with Crippen molar-refractivity contribution in [2.45, 2.75) is 57.8 Å². The number of para-hydroxylation sites is 2. The predicted molar refractivity (Wildman–Crippen MR) is 294 cm³/mol. The Kier molecular flexibility index (Phi) is 9.94. The second-order valence-corrected chi connectivity index (χ2v) is 21.2. The lowest BCUT2D eigenvalue weighted by molar-refractivity contribution is 0.589. The van der Waals surface area contributed by atoms with Gasteiger partial charge in [-0.3, -0.25) is 0 Å². The molecule has 340 valence electrons. The molecule has 0 aliphatic heterocycles. The maximum Gasteiger partial charge on any atom is 0.0992 e. The molecule has 2 aliphatic carbocycles. The Labute approximate surface area is 417 Å². The third-order valence-corrected chi connectivity index (χ3v) is 14.9. The number of hydrogen-bond acceptors (Lipinski definition) is 4. The lowest BCUT2D eigenvalue weighted by Crippen LogP contribution is -2.27. The van der Waals surface area contributed by atoms with Crippen molar-refractivity contribution in [1.29, 1.82) is 10.5 Å². The van der Waals surface area contributed by atoms with Crippen LogP contribution in [0.5, 0.6) is 0 Å². The molecule has 0 saturated carbocycles. The summed E-state index contributed by atoms with van der Waals surface area (Å²) < 4.78 is 0. The number of hydrogen-bond donors (Lipinski definition) is 0. The van der Waals surface area contributed by atoms with Crippen molar-refractivity contribution in [3.63, 3.8) is 0 Å². The van der Waals surface area contributed by atoms with E-state index in [0.717, 1.165) is 44.9 Å². The number of fused-ring (bicyclic) bond motifs is 14. The van der Waals surface area contributed by atoms with Crippen LogP contribution in [0.2, 0.25) is 0 Å². The number of anilines is 6. The van der Waals surface area contributed by atoms with Crippen molar-refractivity contribution in [1.82, 2.24) is 0 Å². The zero-order valence-corrected chi connectivity index (χ0v) is 40.9. The van der Waals surface area contributed by atoms with E-state index in [-0.39, 0.29) is 10.8 Å². The van der Waals surface area contributed by atoms with E-state index in [1.54, 1.807) is 0 Å². The van der Waals surface area contributed by atoms with Crippen LogP contribution < -0.4 is 9.80 Å². The molecular formula is C67H52N4. The standard InChI is InChI=1S/C67H52N4/c1-65(2,3)47-25-33-61-59(39-47)60-40-48(66(4,5)6)26-34-62(60)67(61)63-55-31-27-53(70(49-17-9-7-10-18-49)51-21-13-15-43(35-51)41-68)37-45(55)23-29-57(63)58-30-24-46-38-54(28-32-56(46)64(58)67)71(50-19-11-8-12-20-50)52-22-14-16-44(36-52)42-69/h7-40H,1-6H3. The van der Waals surface area contributed by atoms with Crippen molar-refractivity contribution >= 4 is 55.7 Å². The largest absolute Gasteiger partial charge is 0.310 e. The molecule has 0 N–H and O–H groups in total. The molecular weight excluding hydrogens is 861 g/mol. The summed E-state index contributed by atoms with van der Waals surface area (Å²) >= 11 is 0. The fraction of sp³-hybridized carbons (Fsp3) is 0.134. The Bertz CT molecular complexity index is 3620. The summed E-state index contributed by atoms with van der Waals surface area (Å²) in [6.07, 6.45) is 0. The minimum atomic E-state index is -0.662. The number of rotatable bonds is 6. The predicted octanol–water partition coefficient (Wildman–Crippen LogP) is 17.6. The molecule has 0 amide bonds. The minimum Gasteiger partial charge on any atom is -0.310 e. The van der Waals surface area contributed by atoms with Crippen LogP contribution in [0.3, 0.4) is 0 Å². The highest BCUT2D eigenvalue weighted by Gasteiger charge is 2.53. The van der Waals surface area contributed by atoms with Crippen molar-refractivity contribution < 1.29 is 0 Å². The topological polar surface area (TPSA) is 54.1 Å². The zero-order chi connectivity index (χ0) is 48.8. The first-order valence-corrected chi connectivity index (χ1v) is 24.5. The summed E-state index contributed by atoms with van der Waals surface area (Å²) in [6.45, 7) is 13.9. The summed E-state index contributed by atoms with van der Waals surface area (Å²) in [5.41, 5.74) is 19.3. The van der Waals surface area contributed by atoms with Crippen LogP contribution in [0.1, 0.15) is 86.1 Å². The van der Waals surface area contributed by atoms with Gasteiger partial charge in [0.2, 0.25) is 0 Å². The number of nitriles is 2. The van der Waals surface area contributed by atoms with Gasteiger partial charge in [-0.2, -0.15) is 10.5 Å². The molecule has 4 heteroatoms. The van der Waals surface area contributed by atoms with E-state index in [0.29, 0.717) is 11.1 Å². The average Bonchev–Trinajstić information content (AvgIpc) is 3.86. The molecule has 0 aromatic heterocycles. The van der Waals surface area contributed by atoms with Gasteiger partial charge in [-0.15, -0.1) is 0 Å². The van der Waals surface area contributed by atoms with E-state index in [1.165, 1.54) is 66.4 Å². The molecule has 0 fully saturated rings. The molecule has 10 aromatic carbocycles. The van der Waals surface area contributed by atoms with Crippen LogP contribution >= 0.6 is 0 Å². The van der Waals surface area contributed by atoms with E-state index >= 15 is 0 Å². The molecule has 2 aliphatic rings. The van der Waals surface area contributed by atoms with E-state index in [2.05, 4.69) is 221 Å². The molecule has 4 nitrogen and oxygen atoms in total. The summed E-state index contributed by atoms with van der Waals surface area (Å²) in [4.78, 5) is 4.50. The molecule has 0 radical (unpaired) electrons. The first-order valence-electron chi connectivity index (χ1n) is 24.5. The lowest BCUT2D eigenvalue weighted by atomic mass is 9.68. The smallest absolute Gasteiger partial charge is 0.0992 e. The van der Waals surface area contributed by atoms with E-state index in [4.69, 9.17) is 0 Å². The van der Waals surface area contributed by atoms with Gasteiger partial charge in [0.25, 0.3) is 0 Å². The Balaban J connectivity index is 1.15. The van der Waals surface area contributed by atoms with Crippen LogP contribution in [-0.4, -0.2) is 0 Å². The van der Waals surface area contributed by atoms with Crippen LogP contribution in [0.15, 0.2) is 206 Å². The number of nitrogens with zero attached hydrogens (tertiary/aromatic N) is 4. The van der Waals surface area contributed by atoms with Crippen molar-refractivity contribution in [2.24, 2.45) is 0 Å². The first-order chi connectivity index (χ1) is 34.4. The minimum absolute atomic E-state index is 0.0565. The van der Waals surface area contributed by atoms with Gasteiger partial charge in [0.15, 0.2) is 0 Å². The molecule has 71 heavy (non-hydrogen) atoms. The Morgan fingerprint density at radius 1 is 0.352 bits per heavy atom. The van der Waals surface area contributed by atoms with Crippen LogP contribution in [0.4, 0.5) is 34.1 Å². The summed E-state index contributed by atoms with van der Waals surface area (Å²) in [6, 6.07) is 79.1. The van der Waals surface area contributed by atoms with Gasteiger partial charge in [0.05, 0.1) is 28.7 Å². The average molecular weight is 913 g/mol. The van der Waals surface area contributed by atoms with Gasteiger partial charge >= 0.3 is 0 Å². The molecule has 1 spiro atoms. The molecule has 0 unspecified atom stereocenters. The summed E-state index contributed by atoms with van der Waals surface area (Å²) in [5, 5.41) is 24.6. The van der Waals surface area contributed by atoms with Gasteiger partial charge in [-0.1, -0.05) is 163 Å². The second kappa shape index (κ2) is 16.2. The highest BCUT2D eigenvalue weighted by atomic mass is 15.1. The second-order valence-electron chi connectivity index (χ2n) is 21.2. The normalized spacial score (nSPS) is 13.0. The van der Waals surface area contributed by atoms with Crippen molar-refractivity contribution in [2.75, 3.05) is 9.80 Å². The van der Waals surface area contributed by atoms with Gasteiger partial charge in [-0.05, 0) is 173 Å². The van der Waals surface area contributed by atoms with Crippen LogP contribution in [0.25, 0.3) is 43.8 Å². The monoisotopic (exact) mass is 912 g/mol. The van der Waals surface area contributed by atoms with Crippen molar-refractivity contribution in [3.05, 3.63) is 251 Å². The zero-order valence-electron chi connectivity index (χ0n) is 40.9. The summed E-state index contributed by atoms with van der Waals surface area (Å²) in [7, 11) is 0. The fourth-order valence-electron chi connectivity index (χ4n) is 11.6. The third kappa shape index (κ3) is 6.86. The first kappa shape index (κ1) is 43.6. The van der Waals surface area contributed by atoms with Crippen LogP contribution in [-0.2, 0) is 16.2 Å². The maximum absolute atomic E-state index is 9.98. The molecule has 0 saturated heterocycles.